The summed E-state index contributed by atoms with van der Waals surface area (Å²) < 4.78 is 5.99. The van der Waals surface area contributed by atoms with Crippen LogP contribution in [0.2, 0.25) is 0 Å². The molecule has 2 aliphatic carbocycles. The normalized spacial score (nSPS) is 25.7. The summed E-state index contributed by atoms with van der Waals surface area (Å²) in [7, 11) is 0. The molecule has 0 bridgehead atoms. The van der Waals surface area contributed by atoms with Crippen LogP contribution in [0.3, 0.4) is 0 Å². The molecule has 2 aromatic rings. The molecule has 2 aromatic carbocycles. The molecule has 1 saturated carbocycles. The van der Waals surface area contributed by atoms with Gasteiger partial charge in [0, 0.05) is 29.7 Å². The molecule has 170 valence electrons. The van der Waals surface area contributed by atoms with Crippen molar-refractivity contribution < 1.29 is 14.3 Å². The second-order valence-electron chi connectivity index (χ2n) is 9.50. The van der Waals surface area contributed by atoms with Gasteiger partial charge in [0.15, 0.2) is 0 Å². The van der Waals surface area contributed by atoms with E-state index in [1.807, 2.05) is 55.5 Å². The van der Waals surface area contributed by atoms with Gasteiger partial charge in [0.1, 0.15) is 11.9 Å². The summed E-state index contributed by atoms with van der Waals surface area (Å²) in [6.07, 6.45) is 7.86. The van der Waals surface area contributed by atoms with E-state index in [4.69, 9.17) is 4.74 Å². The maximum absolute atomic E-state index is 13.6. The van der Waals surface area contributed by atoms with Crippen LogP contribution in [0.1, 0.15) is 68.4 Å². The van der Waals surface area contributed by atoms with Crippen molar-refractivity contribution in [3.63, 3.8) is 0 Å². The maximum atomic E-state index is 13.6. The molecular formula is C29H31NO3. The summed E-state index contributed by atoms with van der Waals surface area (Å²) in [5.74, 6) is -0.808. The number of nitrogens with one attached hydrogen (secondary N) is 1. The van der Waals surface area contributed by atoms with Crippen LogP contribution >= 0.6 is 0 Å². The lowest BCUT2D eigenvalue weighted by Crippen LogP contribution is -2.42. The summed E-state index contributed by atoms with van der Waals surface area (Å²) >= 11 is 0. The average molecular weight is 442 g/mol. The fourth-order valence-electron chi connectivity index (χ4n) is 5.68. The number of benzene rings is 2. The van der Waals surface area contributed by atoms with Crippen LogP contribution < -0.4 is 5.32 Å². The number of esters is 1. The predicted octanol–water partition coefficient (Wildman–Crippen LogP) is 5.78. The Hall–Kier alpha value is -3.14. The monoisotopic (exact) mass is 441 g/mol. The number of allylic oxidation sites excluding steroid dienone is 3. The van der Waals surface area contributed by atoms with Gasteiger partial charge in [0.05, 0.1) is 11.5 Å². The highest BCUT2D eigenvalue weighted by molar-refractivity contribution is 5.96. The number of ether oxygens (including phenoxy) is 1. The Kier molecular flexibility index (Phi) is 6.17. The first kappa shape index (κ1) is 21.7. The zero-order valence-corrected chi connectivity index (χ0v) is 19.1. The summed E-state index contributed by atoms with van der Waals surface area (Å²) in [6.45, 7) is 1.93. The molecule has 3 atom stereocenters. The molecule has 33 heavy (non-hydrogen) atoms. The quantitative estimate of drug-likeness (QED) is 0.611. The topological polar surface area (TPSA) is 55.4 Å². The molecule has 0 aromatic heterocycles. The fourth-order valence-corrected chi connectivity index (χ4v) is 5.68. The van der Waals surface area contributed by atoms with Crippen LogP contribution in [0.25, 0.3) is 0 Å². The number of rotatable bonds is 4. The van der Waals surface area contributed by atoms with Gasteiger partial charge in [-0.2, -0.15) is 0 Å². The number of hydrogen-bond donors (Lipinski definition) is 1. The molecule has 5 rings (SSSR count). The number of carbonyl (C=O) groups is 2. The van der Waals surface area contributed by atoms with Gasteiger partial charge in [0.25, 0.3) is 0 Å². The number of ketones is 1. The lowest BCUT2D eigenvalue weighted by molar-refractivity contribution is -0.146. The third-order valence-electron chi connectivity index (χ3n) is 7.30. The molecule has 0 spiro atoms. The van der Waals surface area contributed by atoms with Crippen molar-refractivity contribution in [1.82, 2.24) is 5.32 Å². The van der Waals surface area contributed by atoms with E-state index in [1.54, 1.807) is 0 Å². The van der Waals surface area contributed by atoms with Crippen LogP contribution in [0.15, 0.2) is 83.7 Å². The van der Waals surface area contributed by atoms with Gasteiger partial charge >= 0.3 is 5.97 Å². The first-order valence-corrected chi connectivity index (χ1v) is 12.1. The highest BCUT2D eigenvalue weighted by Gasteiger charge is 2.45. The second kappa shape index (κ2) is 9.38. The van der Waals surface area contributed by atoms with Crippen molar-refractivity contribution in [1.29, 1.82) is 0 Å². The van der Waals surface area contributed by atoms with E-state index in [9.17, 15) is 9.59 Å². The molecule has 1 N–H and O–H groups in total. The molecule has 4 heteroatoms. The number of carbonyl (C=O) groups excluding carboxylic acids is 2. The zero-order chi connectivity index (χ0) is 22.8. The Balaban J connectivity index is 1.53. The van der Waals surface area contributed by atoms with Gasteiger partial charge in [-0.05, 0) is 43.7 Å². The van der Waals surface area contributed by atoms with E-state index in [0.29, 0.717) is 12.0 Å². The van der Waals surface area contributed by atoms with Crippen molar-refractivity contribution in [2.24, 2.45) is 5.92 Å². The molecule has 4 nitrogen and oxygen atoms in total. The van der Waals surface area contributed by atoms with E-state index in [1.165, 1.54) is 6.42 Å². The van der Waals surface area contributed by atoms with E-state index in [0.717, 1.165) is 48.2 Å². The predicted molar refractivity (Wildman–Crippen MR) is 128 cm³/mol. The molecule has 1 fully saturated rings. The molecule has 1 aliphatic heterocycles. The molecule has 1 heterocycles. The Labute approximate surface area is 195 Å². The van der Waals surface area contributed by atoms with E-state index in [2.05, 4.69) is 23.5 Å². The van der Waals surface area contributed by atoms with E-state index in [-0.39, 0.29) is 29.7 Å². The minimum absolute atomic E-state index is 0.0237. The minimum Gasteiger partial charge on any atom is -0.459 e. The largest absolute Gasteiger partial charge is 0.459 e. The Morgan fingerprint density at radius 3 is 2.18 bits per heavy atom. The Morgan fingerprint density at radius 1 is 0.879 bits per heavy atom. The number of fused-ring (bicyclic) bond motifs is 1. The maximum Gasteiger partial charge on any atom is 0.336 e. The van der Waals surface area contributed by atoms with Gasteiger partial charge in [-0.1, -0.05) is 73.2 Å². The van der Waals surface area contributed by atoms with Crippen molar-refractivity contribution in [3.05, 3.63) is 94.8 Å². The second-order valence-corrected chi connectivity index (χ2v) is 9.50. The smallest absolute Gasteiger partial charge is 0.336 e. The Bertz CT molecular complexity index is 1080. The van der Waals surface area contributed by atoms with Crippen LogP contribution in [0.4, 0.5) is 0 Å². The highest BCUT2D eigenvalue weighted by atomic mass is 16.5. The van der Waals surface area contributed by atoms with E-state index >= 15 is 0 Å². The van der Waals surface area contributed by atoms with Crippen LogP contribution in [0, 0.1) is 5.92 Å². The van der Waals surface area contributed by atoms with Gasteiger partial charge in [-0.25, -0.2) is 4.79 Å². The average Bonchev–Trinajstić information content (AvgIpc) is 2.84. The summed E-state index contributed by atoms with van der Waals surface area (Å²) in [4.78, 5) is 27.1. The standard InChI is InChI=1S/C29H31NO3/c1-19-26(29(32)33-23-15-9-4-10-16-23)27(21-13-7-3-8-14-21)28-24(30-19)17-22(18-25(28)31)20-11-5-2-6-12-20/h2-3,5-8,11-14,17,22-23,27-28,30H,4,9-10,15-16,18H2,1H3. The first-order chi connectivity index (χ1) is 16.1. The van der Waals surface area contributed by atoms with Crippen LogP contribution in [-0.2, 0) is 14.3 Å². The minimum atomic E-state index is -0.398. The molecule has 3 aliphatic rings. The lowest BCUT2D eigenvalue weighted by Gasteiger charge is -2.40. The third-order valence-corrected chi connectivity index (χ3v) is 7.30. The van der Waals surface area contributed by atoms with Crippen LogP contribution in [-0.4, -0.2) is 17.9 Å². The number of Topliss-reactive ketones (excluding diaryl/α,β-unsaturated/α-hetero) is 1. The van der Waals surface area contributed by atoms with Gasteiger partial charge in [0.2, 0.25) is 0 Å². The van der Waals surface area contributed by atoms with Crippen LogP contribution in [0.5, 0.6) is 0 Å². The highest BCUT2D eigenvalue weighted by Crippen LogP contribution is 2.46. The molecule has 0 radical (unpaired) electrons. The van der Waals surface area contributed by atoms with Crippen molar-refractivity contribution in [2.75, 3.05) is 0 Å². The van der Waals surface area contributed by atoms with Gasteiger partial charge in [-0.3, -0.25) is 4.79 Å². The van der Waals surface area contributed by atoms with Gasteiger partial charge in [-0.15, -0.1) is 0 Å². The fraction of sp³-hybridized carbons (Fsp3) is 0.379. The molecule has 3 unspecified atom stereocenters. The summed E-state index contributed by atoms with van der Waals surface area (Å²) in [6, 6.07) is 20.1. The molecule has 0 saturated heterocycles. The zero-order valence-electron chi connectivity index (χ0n) is 19.1. The van der Waals surface area contributed by atoms with E-state index < -0.39 is 5.92 Å². The van der Waals surface area contributed by atoms with Crippen molar-refractivity contribution in [2.45, 2.75) is 63.4 Å². The van der Waals surface area contributed by atoms with Gasteiger partial charge < -0.3 is 10.1 Å². The van der Waals surface area contributed by atoms with Crippen molar-refractivity contribution in [3.8, 4) is 0 Å². The first-order valence-electron chi connectivity index (χ1n) is 12.1. The number of hydrogen-bond acceptors (Lipinski definition) is 4. The summed E-state index contributed by atoms with van der Waals surface area (Å²) in [5.41, 5.74) is 4.41. The SMILES string of the molecule is CC1=C(C(=O)OC2CCCCC2)C(c2ccccc2)C2C(=O)CC(c3ccccc3)C=C2N1. The summed E-state index contributed by atoms with van der Waals surface area (Å²) in [5, 5.41) is 3.44. The lowest BCUT2D eigenvalue weighted by atomic mass is 9.68. The Morgan fingerprint density at radius 2 is 1.52 bits per heavy atom. The molecule has 0 amide bonds. The van der Waals surface area contributed by atoms with Crippen molar-refractivity contribution >= 4 is 11.8 Å². The third kappa shape index (κ3) is 4.39. The molecular weight excluding hydrogens is 410 g/mol.